The van der Waals surface area contributed by atoms with E-state index in [2.05, 4.69) is 10.1 Å². The number of hydrogen-bond donors (Lipinski definition) is 2. The Morgan fingerprint density at radius 3 is 2.67 bits per heavy atom. The fourth-order valence-electron chi connectivity index (χ4n) is 1.79. The third-order valence-corrected chi connectivity index (χ3v) is 3.77. The molecule has 0 aliphatic carbocycles. The molecule has 1 aromatic rings. The van der Waals surface area contributed by atoms with Crippen molar-refractivity contribution < 1.29 is 28.2 Å². The number of amides is 1. The molecular weight excluding hydrogens is 304 g/mol. The minimum atomic E-state index is -3.02. The van der Waals surface area contributed by atoms with E-state index in [1.165, 1.54) is 6.07 Å². The van der Waals surface area contributed by atoms with Crippen molar-refractivity contribution in [3.63, 3.8) is 0 Å². The molecule has 0 spiro atoms. The Morgan fingerprint density at radius 2 is 2.14 bits per heavy atom. The molecule has 1 amide bonds. The molecule has 2 N–H and O–H groups in total. The number of carboxylic acids is 1. The molecule has 1 rings (SSSR count). The number of hydrogen-bond acceptors (Lipinski definition) is 4. The third-order valence-electron chi connectivity index (χ3n) is 2.74. The first-order chi connectivity index (χ1) is 9.85. The number of nitrogens with one attached hydrogen (secondary N) is 1. The van der Waals surface area contributed by atoms with Crippen LogP contribution in [0.15, 0.2) is 6.07 Å². The fourth-order valence-corrected chi connectivity index (χ4v) is 2.65. The number of carbonyl (C=O) groups excluding carboxylic acids is 1. The van der Waals surface area contributed by atoms with Crippen molar-refractivity contribution in [2.75, 3.05) is 6.54 Å². The van der Waals surface area contributed by atoms with Crippen LogP contribution in [0.5, 0.6) is 5.75 Å². The lowest BCUT2D eigenvalue weighted by Gasteiger charge is -2.12. The van der Waals surface area contributed by atoms with Crippen molar-refractivity contribution >= 4 is 23.2 Å². The topological polar surface area (TPSA) is 75.6 Å². The van der Waals surface area contributed by atoms with Gasteiger partial charge in [-0.1, -0.05) is 13.3 Å². The van der Waals surface area contributed by atoms with Crippen LogP contribution in [0, 0.1) is 12.8 Å². The van der Waals surface area contributed by atoms with Gasteiger partial charge in [-0.25, -0.2) is 0 Å². The maximum Gasteiger partial charge on any atom is 0.387 e. The van der Waals surface area contributed by atoms with E-state index in [1.54, 1.807) is 6.92 Å². The van der Waals surface area contributed by atoms with E-state index >= 15 is 0 Å². The van der Waals surface area contributed by atoms with Gasteiger partial charge in [0.25, 0.3) is 5.91 Å². The molecule has 0 saturated carbocycles. The van der Waals surface area contributed by atoms with Crippen molar-refractivity contribution in [2.45, 2.75) is 33.3 Å². The lowest BCUT2D eigenvalue weighted by molar-refractivity contribution is -0.141. The molecule has 0 radical (unpaired) electrons. The zero-order valence-corrected chi connectivity index (χ0v) is 12.5. The summed E-state index contributed by atoms with van der Waals surface area (Å²) in [6.07, 6.45) is 1.10. The number of halogens is 2. The van der Waals surface area contributed by atoms with Gasteiger partial charge in [0.2, 0.25) is 0 Å². The highest BCUT2D eigenvalue weighted by Gasteiger charge is 2.22. The second-order valence-corrected chi connectivity index (χ2v) is 5.72. The molecule has 0 saturated heterocycles. The number of rotatable bonds is 8. The van der Waals surface area contributed by atoms with E-state index in [4.69, 9.17) is 5.11 Å². The second-order valence-electron chi connectivity index (χ2n) is 4.46. The number of carbonyl (C=O) groups is 2. The Balaban J connectivity index is 2.73. The average molecular weight is 321 g/mol. The summed E-state index contributed by atoms with van der Waals surface area (Å²) in [6, 6.07) is 1.35. The van der Waals surface area contributed by atoms with Crippen LogP contribution in [-0.2, 0) is 4.79 Å². The van der Waals surface area contributed by atoms with Gasteiger partial charge in [0.15, 0.2) is 0 Å². The van der Waals surface area contributed by atoms with E-state index < -0.39 is 24.4 Å². The summed E-state index contributed by atoms with van der Waals surface area (Å²) in [5.41, 5.74) is 0. The van der Waals surface area contributed by atoms with Crippen molar-refractivity contribution in [2.24, 2.45) is 5.92 Å². The zero-order valence-electron chi connectivity index (χ0n) is 11.7. The molecule has 5 nitrogen and oxygen atoms in total. The molecule has 118 valence electrons. The highest BCUT2D eigenvalue weighted by atomic mass is 32.1. The van der Waals surface area contributed by atoms with Crippen LogP contribution in [0.4, 0.5) is 8.78 Å². The molecule has 1 aromatic heterocycles. The molecule has 1 heterocycles. The molecule has 0 aliphatic rings. The van der Waals surface area contributed by atoms with E-state index in [1.807, 2.05) is 6.92 Å². The Morgan fingerprint density at radius 1 is 1.48 bits per heavy atom. The van der Waals surface area contributed by atoms with Crippen LogP contribution in [0.1, 0.15) is 34.3 Å². The largest absolute Gasteiger partial charge is 0.481 e. The van der Waals surface area contributed by atoms with Crippen LogP contribution >= 0.6 is 11.3 Å². The zero-order chi connectivity index (χ0) is 16.0. The number of thiophene rings is 1. The summed E-state index contributed by atoms with van der Waals surface area (Å²) in [7, 11) is 0. The van der Waals surface area contributed by atoms with Gasteiger partial charge >= 0.3 is 12.6 Å². The summed E-state index contributed by atoms with van der Waals surface area (Å²) >= 11 is 1.02. The second kappa shape index (κ2) is 7.92. The Hall–Kier alpha value is -1.70. The van der Waals surface area contributed by atoms with Crippen LogP contribution in [0.2, 0.25) is 0 Å². The standard InChI is InChI=1S/C13H17F2NO4S/c1-3-4-8(12(18)19)6-16-11(17)10-9(20-13(14)15)5-7(2)21-10/h5,8,13H,3-4,6H2,1-2H3,(H,16,17)(H,18,19). The van der Waals surface area contributed by atoms with Gasteiger partial charge in [0.1, 0.15) is 10.6 Å². The normalized spacial score (nSPS) is 12.2. The van der Waals surface area contributed by atoms with Gasteiger partial charge in [-0.2, -0.15) is 8.78 Å². The van der Waals surface area contributed by atoms with E-state index in [-0.39, 0.29) is 17.2 Å². The predicted molar refractivity (Wildman–Crippen MR) is 74.1 cm³/mol. The van der Waals surface area contributed by atoms with Gasteiger partial charge in [-0.05, 0) is 19.4 Å². The lowest BCUT2D eigenvalue weighted by atomic mass is 10.0. The summed E-state index contributed by atoms with van der Waals surface area (Å²) in [4.78, 5) is 23.6. The first kappa shape index (κ1) is 17.4. The Kier molecular flexibility index (Phi) is 6.54. The van der Waals surface area contributed by atoms with E-state index in [0.29, 0.717) is 17.7 Å². The smallest absolute Gasteiger partial charge is 0.387 e. The summed E-state index contributed by atoms with van der Waals surface area (Å²) < 4.78 is 28.8. The van der Waals surface area contributed by atoms with Crippen LogP contribution in [0.25, 0.3) is 0 Å². The van der Waals surface area contributed by atoms with Gasteiger partial charge in [0.05, 0.1) is 5.92 Å². The van der Waals surface area contributed by atoms with Crippen molar-refractivity contribution in [3.8, 4) is 5.75 Å². The number of alkyl halides is 2. The Bertz CT molecular complexity index is 504. The first-order valence-electron chi connectivity index (χ1n) is 6.41. The summed E-state index contributed by atoms with van der Waals surface area (Å²) in [5.74, 6) is -2.48. The maximum absolute atomic E-state index is 12.3. The molecule has 21 heavy (non-hydrogen) atoms. The minimum Gasteiger partial charge on any atom is -0.481 e. The third kappa shape index (κ3) is 5.30. The highest BCUT2D eigenvalue weighted by Crippen LogP contribution is 2.30. The molecular formula is C13H17F2NO4S. The summed E-state index contributed by atoms with van der Waals surface area (Å²) in [5, 5.41) is 11.5. The number of ether oxygens (including phenoxy) is 1. The van der Waals surface area contributed by atoms with Gasteiger partial charge in [0, 0.05) is 11.4 Å². The highest BCUT2D eigenvalue weighted by molar-refractivity contribution is 7.14. The Labute approximate surface area is 124 Å². The lowest BCUT2D eigenvalue weighted by Crippen LogP contribution is -2.32. The SMILES string of the molecule is CCCC(CNC(=O)c1sc(C)cc1OC(F)F)C(=O)O. The molecule has 0 aliphatic heterocycles. The van der Waals surface area contributed by atoms with Gasteiger partial charge in [-0.15, -0.1) is 11.3 Å². The fraction of sp³-hybridized carbons (Fsp3) is 0.538. The monoisotopic (exact) mass is 321 g/mol. The molecule has 0 bridgehead atoms. The van der Waals surface area contributed by atoms with Crippen molar-refractivity contribution in [1.82, 2.24) is 5.32 Å². The van der Waals surface area contributed by atoms with Crippen molar-refractivity contribution in [1.29, 1.82) is 0 Å². The minimum absolute atomic E-state index is 0.0217. The number of aliphatic carboxylic acids is 1. The quantitative estimate of drug-likeness (QED) is 0.772. The van der Waals surface area contributed by atoms with E-state index in [0.717, 1.165) is 11.3 Å². The van der Waals surface area contributed by atoms with Crippen LogP contribution < -0.4 is 10.1 Å². The average Bonchev–Trinajstić information content (AvgIpc) is 2.73. The molecule has 1 atom stereocenters. The number of aryl methyl sites for hydroxylation is 1. The molecule has 1 unspecified atom stereocenters. The van der Waals surface area contributed by atoms with Crippen LogP contribution in [0.3, 0.4) is 0 Å². The van der Waals surface area contributed by atoms with Crippen LogP contribution in [-0.4, -0.2) is 30.1 Å². The predicted octanol–water partition coefficient (Wildman–Crippen LogP) is 2.89. The van der Waals surface area contributed by atoms with E-state index in [9.17, 15) is 18.4 Å². The molecule has 0 fully saturated rings. The molecule has 8 heteroatoms. The number of carboxylic acid groups (broad SMARTS) is 1. The van der Waals surface area contributed by atoms with Crippen molar-refractivity contribution in [3.05, 3.63) is 15.8 Å². The van der Waals surface area contributed by atoms with Gasteiger partial charge < -0.3 is 15.2 Å². The first-order valence-corrected chi connectivity index (χ1v) is 7.23. The van der Waals surface area contributed by atoms with Gasteiger partial charge in [-0.3, -0.25) is 9.59 Å². The summed E-state index contributed by atoms with van der Waals surface area (Å²) in [6.45, 7) is 0.441. The maximum atomic E-state index is 12.3. The molecule has 0 aromatic carbocycles.